The van der Waals surface area contributed by atoms with E-state index >= 15 is 0 Å². The normalized spacial score (nSPS) is 21.5. The van der Waals surface area contributed by atoms with Gasteiger partial charge in [-0.05, 0) is 69.7 Å². The van der Waals surface area contributed by atoms with Gasteiger partial charge in [0, 0.05) is 54.5 Å². The number of nitrogens with one attached hydrogen (secondary N) is 1. The summed E-state index contributed by atoms with van der Waals surface area (Å²) in [4.78, 5) is 31.1. The van der Waals surface area contributed by atoms with Crippen LogP contribution in [-0.4, -0.2) is 94.7 Å². The summed E-state index contributed by atoms with van der Waals surface area (Å²) in [5, 5.41) is 10.5. The average Bonchev–Trinajstić information content (AvgIpc) is 3.68. The fraction of sp³-hybridized carbons (Fsp3) is 0.429. The molecule has 2 saturated heterocycles. The summed E-state index contributed by atoms with van der Waals surface area (Å²) < 4.78 is 85.3. The van der Waals surface area contributed by atoms with Gasteiger partial charge in [-0.25, -0.2) is 18.4 Å². The van der Waals surface area contributed by atoms with E-state index in [1.807, 2.05) is 4.90 Å². The van der Waals surface area contributed by atoms with Gasteiger partial charge in [-0.3, -0.25) is 24.3 Å². The van der Waals surface area contributed by atoms with Crippen LogP contribution in [0, 0.1) is 5.92 Å². The van der Waals surface area contributed by atoms with Gasteiger partial charge in [0.1, 0.15) is 11.2 Å². The Labute approximate surface area is 359 Å². The van der Waals surface area contributed by atoms with Gasteiger partial charge >= 0.3 is 6.36 Å². The molecular formula is C42H41Cl2F3N6O7S. The molecule has 2 N–H and O–H groups in total. The molecule has 4 heterocycles. The first-order valence-electron chi connectivity index (χ1n) is 19.9. The fourth-order valence-electron chi connectivity index (χ4n) is 8.68. The molecule has 5 aromatic rings. The van der Waals surface area contributed by atoms with E-state index in [0.29, 0.717) is 107 Å². The second kappa shape index (κ2) is 15.7. The Bertz CT molecular complexity index is 2680. The standard InChI is InChI=1S/C42H41Cl2F3N6O7S/c1-41(13-14-41)61(56,57)51-38(55)22-11-16-53(19-22)33-10-9-26-29(33)17-30-37(36(26)60-42(45,46)47)59-39(49-30)28-8-4-6-25(35(28)44)24-5-3-7-27(34(24)43)31-18-48-32(40(50-31)58-2)21-52-15-12-23(54)20-52/h3-8,17-18,22-23,33,54H,9-16,19-21H2,1-2H3,(H,51,55)/t22-,23-,33-/m1/s1. The highest BCUT2D eigenvalue weighted by Gasteiger charge is 2.51. The number of likely N-dealkylation sites (tertiary alicyclic amines) is 2. The lowest BCUT2D eigenvalue weighted by atomic mass is 9.99. The van der Waals surface area contributed by atoms with Crippen LogP contribution in [0.4, 0.5) is 13.2 Å². The molecule has 0 bridgehead atoms. The van der Waals surface area contributed by atoms with Crippen molar-refractivity contribution < 1.29 is 45.4 Å². The van der Waals surface area contributed by atoms with E-state index in [9.17, 15) is 31.5 Å². The number of aromatic nitrogens is 3. The number of sulfonamides is 1. The van der Waals surface area contributed by atoms with Crippen LogP contribution in [0.15, 0.2) is 53.1 Å². The first kappa shape index (κ1) is 41.8. The minimum Gasteiger partial charge on any atom is -0.480 e. The van der Waals surface area contributed by atoms with Crippen LogP contribution in [0.3, 0.4) is 0 Å². The number of alkyl halides is 3. The van der Waals surface area contributed by atoms with Crippen molar-refractivity contribution >= 4 is 50.2 Å². The van der Waals surface area contributed by atoms with Crippen molar-refractivity contribution in [2.75, 3.05) is 33.3 Å². The van der Waals surface area contributed by atoms with Crippen LogP contribution in [-0.2, 0) is 27.8 Å². The summed E-state index contributed by atoms with van der Waals surface area (Å²) in [6.45, 7) is 4.01. The van der Waals surface area contributed by atoms with Gasteiger partial charge in [0.05, 0.1) is 51.4 Å². The molecule has 4 aliphatic rings. The Kier molecular flexibility index (Phi) is 10.7. The zero-order chi connectivity index (χ0) is 43.0. The van der Waals surface area contributed by atoms with Crippen LogP contribution in [0.25, 0.3) is 44.9 Å². The fourth-order valence-corrected chi connectivity index (χ4v) is 10.6. The number of nitrogens with zero attached hydrogens (tertiary/aromatic N) is 5. The molecule has 3 fully saturated rings. The molecule has 0 spiro atoms. The van der Waals surface area contributed by atoms with E-state index in [2.05, 4.69) is 24.3 Å². The van der Waals surface area contributed by atoms with Crippen molar-refractivity contribution in [3.63, 3.8) is 0 Å². The summed E-state index contributed by atoms with van der Waals surface area (Å²) >= 11 is 14.1. The number of amides is 1. The minimum atomic E-state index is -5.04. The first-order valence-corrected chi connectivity index (χ1v) is 22.2. The third-order valence-electron chi connectivity index (χ3n) is 12.3. The highest BCUT2D eigenvalue weighted by molar-refractivity contribution is 7.91. The van der Waals surface area contributed by atoms with Gasteiger partial charge in [-0.15, -0.1) is 13.2 Å². The maximum absolute atomic E-state index is 14.0. The molecule has 2 aliphatic heterocycles. The molecule has 1 saturated carbocycles. The minimum absolute atomic E-state index is 0.0402. The van der Waals surface area contributed by atoms with Crippen molar-refractivity contribution in [1.29, 1.82) is 0 Å². The van der Waals surface area contributed by atoms with E-state index in [1.165, 1.54) is 7.11 Å². The molecule has 322 valence electrons. The quantitative estimate of drug-likeness (QED) is 0.133. The topological polar surface area (TPSA) is 160 Å². The Morgan fingerprint density at radius 2 is 1.72 bits per heavy atom. The number of hydrogen-bond acceptors (Lipinski definition) is 12. The summed E-state index contributed by atoms with van der Waals surface area (Å²) in [7, 11) is -2.31. The van der Waals surface area contributed by atoms with Gasteiger partial charge in [-0.2, -0.15) is 0 Å². The van der Waals surface area contributed by atoms with Crippen molar-refractivity contribution in [3.8, 4) is 45.5 Å². The van der Waals surface area contributed by atoms with E-state index in [4.69, 9.17) is 37.3 Å². The molecular weight excluding hydrogens is 860 g/mol. The molecule has 0 radical (unpaired) electrons. The van der Waals surface area contributed by atoms with Crippen molar-refractivity contribution in [2.45, 2.75) is 75.2 Å². The van der Waals surface area contributed by atoms with Gasteiger partial charge in [0.25, 0.3) is 0 Å². The maximum Gasteiger partial charge on any atom is 0.573 e. The molecule has 61 heavy (non-hydrogen) atoms. The number of halogens is 5. The smallest absolute Gasteiger partial charge is 0.480 e. The van der Waals surface area contributed by atoms with Crippen molar-refractivity contribution in [3.05, 3.63) is 75.5 Å². The van der Waals surface area contributed by atoms with Crippen LogP contribution in [0.5, 0.6) is 11.6 Å². The SMILES string of the molecule is COc1nc(-c2cccc(-c3cccc(-c4nc5cc6c(c(OC(F)(F)F)c5o4)CC[C@H]6N4CC[C@@H](C(=O)NS(=O)(=O)C5(C)CC5)C4)c3Cl)c2Cl)cnc1CN1CC[C@@H](O)C1. The molecule has 2 aliphatic carbocycles. The number of carbonyl (C=O) groups excluding carboxylic acids is 1. The molecule has 0 unspecified atom stereocenters. The highest BCUT2D eigenvalue weighted by Crippen LogP contribution is 2.49. The number of carbonyl (C=O) groups is 1. The number of benzene rings is 3. The lowest BCUT2D eigenvalue weighted by Gasteiger charge is -2.25. The number of hydrogen-bond donors (Lipinski definition) is 2. The number of aliphatic hydroxyl groups is 1. The number of aliphatic hydroxyl groups excluding tert-OH is 1. The molecule has 13 nitrogen and oxygen atoms in total. The Morgan fingerprint density at radius 1 is 1.02 bits per heavy atom. The molecule has 3 atom stereocenters. The maximum atomic E-state index is 14.0. The van der Waals surface area contributed by atoms with Gasteiger partial charge in [0.2, 0.25) is 27.7 Å². The van der Waals surface area contributed by atoms with Gasteiger partial charge < -0.3 is 19.0 Å². The van der Waals surface area contributed by atoms with Crippen LogP contribution < -0.4 is 14.2 Å². The number of rotatable bonds is 11. The molecule has 1 amide bonds. The molecule has 2 aromatic heterocycles. The van der Waals surface area contributed by atoms with Crippen LogP contribution >= 0.6 is 23.2 Å². The lowest BCUT2D eigenvalue weighted by molar-refractivity contribution is -0.274. The predicted molar refractivity (Wildman–Crippen MR) is 221 cm³/mol. The zero-order valence-electron chi connectivity index (χ0n) is 33.1. The number of methoxy groups -OCH3 is 1. The largest absolute Gasteiger partial charge is 0.573 e. The van der Waals surface area contributed by atoms with Crippen LogP contribution in [0.1, 0.15) is 61.9 Å². The number of fused-ring (bicyclic) bond motifs is 2. The van der Waals surface area contributed by atoms with E-state index in [0.717, 1.165) is 6.54 Å². The Hall–Kier alpha value is -4.52. The first-order chi connectivity index (χ1) is 29.0. The van der Waals surface area contributed by atoms with E-state index < -0.39 is 38.7 Å². The van der Waals surface area contributed by atoms with Crippen molar-refractivity contribution in [2.24, 2.45) is 5.92 Å². The van der Waals surface area contributed by atoms with Gasteiger partial charge in [-0.1, -0.05) is 53.5 Å². The van der Waals surface area contributed by atoms with Gasteiger partial charge in [0.15, 0.2) is 11.3 Å². The third kappa shape index (κ3) is 7.93. The Balaban J connectivity index is 1.02. The summed E-state index contributed by atoms with van der Waals surface area (Å²) in [5.74, 6) is -1.37. The average molecular weight is 902 g/mol. The van der Waals surface area contributed by atoms with Crippen molar-refractivity contribution in [1.82, 2.24) is 29.5 Å². The Morgan fingerprint density at radius 3 is 2.39 bits per heavy atom. The number of ether oxygens (including phenoxy) is 2. The number of oxazole rings is 1. The second-order valence-corrected chi connectivity index (χ2v) is 19.3. The third-order valence-corrected chi connectivity index (χ3v) is 15.3. The molecule has 9 rings (SSSR count). The predicted octanol–water partition coefficient (Wildman–Crippen LogP) is 7.71. The summed E-state index contributed by atoms with van der Waals surface area (Å²) in [6, 6.07) is 11.8. The summed E-state index contributed by atoms with van der Waals surface area (Å²) in [5.41, 5.74) is 3.78. The summed E-state index contributed by atoms with van der Waals surface area (Å²) in [6.07, 6.45) is -1.07. The number of β-amino-alcohol motifs (C(OH)–C–C–N with tert-alkyl or cyclic N) is 1. The van der Waals surface area contributed by atoms with E-state index in [1.54, 1.807) is 55.6 Å². The monoisotopic (exact) mass is 900 g/mol. The molecule has 3 aromatic carbocycles. The zero-order valence-corrected chi connectivity index (χ0v) is 35.4. The van der Waals surface area contributed by atoms with E-state index in [-0.39, 0.29) is 47.1 Å². The highest BCUT2D eigenvalue weighted by atomic mass is 35.5. The second-order valence-electron chi connectivity index (χ2n) is 16.4. The molecule has 19 heteroatoms. The lowest BCUT2D eigenvalue weighted by Crippen LogP contribution is -2.42. The van der Waals surface area contributed by atoms with Crippen LogP contribution in [0.2, 0.25) is 10.0 Å².